The van der Waals surface area contributed by atoms with E-state index in [4.69, 9.17) is 5.73 Å². The standard InChI is InChI=1S/C15H28N2O/c1-12(2)7-10-17(13-5-3-4-6-13)14(18)15(11-16)8-9-15/h12-13H,3-11,16H2,1-2H3. The SMILES string of the molecule is CC(C)CCN(C(=O)C1(CN)CC1)C1CCCC1. The lowest BCUT2D eigenvalue weighted by atomic mass is 10.0. The van der Waals surface area contributed by atoms with Crippen molar-refractivity contribution in [3.05, 3.63) is 0 Å². The highest BCUT2D eigenvalue weighted by atomic mass is 16.2. The quantitative estimate of drug-likeness (QED) is 0.789. The van der Waals surface area contributed by atoms with Crippen LogP contribution in [0.15, 0.2) is 0 Å². The first kappa shape index (κ1) is 13.9. The van der Waals surface area contributed by atoms with E-state index >= 15 is 0 Å². The van der Waals surface area contributed by atoms with Crippen LogP contribution in [-0.2, 0) is 4.79 Å². The van der Waals surface area contributed by atoms with E-state index in [1.54, 1.807) is 0 Å². The van der Waals surface area contributed by atoms with Crippen LogP contribution >= 0.6 is 0 Å². The molecule has 0 aromatic carbocycles. The number of carbonyl (C=O) groups excluding carboxylic acids is 1. The van der Waals surface area contributed by atoms with E-state index in [1.807, 2.05) is 0 Å². The number of rotatable bonds is 6. The van der Waals surface area contributed by atoms with E-state index in [-0.39, 0.29) is 5.41 Å². The average Bonchev–Trinajstić information content (AvgIpc) is 2.98. The van der Waals surface area contributed by atoms with Gasteiger partial charge in [-0.05, 0) is 38.0 Å². The monoisotopic (exact) mass is 252 g/mol. The zero-order chi connectivity index (χ0) is 13.2. The Bertz CT molecular complexity index is 291. The summed E-state index contributed by atoms with van der Waals surface area (Å²) in [6.45, 7) is 5.93. The number of hydrogen-bond acceptors (Lipinski definition) is 2. The van der Waals surface area contributed by atoms with Crippen molar-refractivity contribution in [2.75, 3.05) is 13.1 Å². The molecule has 18 heavy (non-hydrogen) atoms. The largest absolute Gasteiger partial charge is 0.339 e. The smallest absolute Gasteiger partial charge is 0.230 e. The molecule has 2 aliphatic rings. The van der Waals surface area contributed by atoms with Crippen LogP contribution in [0.2, 0.25) is 0 Å². The molecule has 3 nitrogen and oxygen atoms in total. The second-order valence-electron chi connectivity index (χ2n) is 6.60. The summed E-state index contributed by atoms with van der Waals surface area (Å²) in [5.41, 5.74) is 5.65. The number of carbonyl (C=O) groups is 1. The minimum absolute atomic E-state index is 0.167. The summed E-state index contributed by atoms with van der Waals surface area (Å²) >= 11 is 0. The van der Waals surface area contributed by atoms with Gasteiger partial charge in [0.05, 0.1) is 5.41 Å². The van der Waals surface area contributed by atoms with Gasteiger partial charge in [0.25, 0.3) is 0 Å². The number of amides is 1. The van der Waals surface area contributed by atoms with Crippen molar-refractivity contribution >= 4 is 5.91 Å². The van der Waals surface area contributed by atoms with Crippen LogP contribution < -0.4 is 5.73 Å². The summed E-state index contributed by atoms with van der Waals surface area (Å²) in [5, 5.41) is 0. The molecule has 0 aliphatic heterocycles. The van der Waals surface area contributed by atoms with Crippen LogP contribution in [0.5, 0.6) is 0 Å². The Morgan fingerprint density at radius 1 is 1.33 bits per heavy atom. The Hall–Kier alpha value is -0.570. The first-order valence-electron chi connectivity index (χ1n) is 7.60. The van der Waals surface area contributed by atoms with Crippen LogP contribution in [0.25, 0.3) is 0 Å². The molecule has 2 aliphatic carbocycles. The fourth-order valence-electron chi connectivity index (χ4n) is 3.02. The maximum atomic E-state index is 12.7. The molecule has 2 N–H and O–H groups in total. The minimum Gasteiger partial charge on any atom is -0.339 e. The van der Waals surface area contributed by atoms with Gasteiger partial charge in [-0.3, -0.25) is 4.79 Å². The van der Waals surface area contributed by atoms with Gasteiger partial charge in [0, 0.05) is 19.1 Å². The molecule has 2 saturated carbocycles. The van der Waals surface area contributed by atoms with E-state index in [0.29, 0.717) is 24.4 Å². The lowest BCUT2D eigenvalue weighted by molar-refractivity contribution is -0.139. The predicted octanol–water partition coefficient (Wildman–Crippen LogP) is 2.54. The first-order chi connectivity index (χ1) is 8.59. The molecular weight excluding hydrogens is 224 g/mol. The molecule has 1 amide bonds. The molecule has 0 unspecified atom stereocenters. The molecular formula is C15H28N2O. The van der Waals surface area contributed by atoms with Crippen molar-refractivity contribution in [1.29, 1.82) is 0 Å². The van der Waals surface area contributed by atoms with Gasteiger partial charge in [0.1, 0.15) is 0 Å². The lowest BCUT2D eigenvalue weighted by Gasteiger charge is -2.33. The fraction of sp³-hybridized carbons (Fsp3) is 0.933. The maximum absolute atomic E-state index is 12.7. The minimum atomic E-state index is -0.167. The second kappa shape index (κ2) is 5.60. The van der Waals surface area contributed by atoms with E-state index in [9.17, 15) is 4.79 Å². The molecule has 104 valence electrons. The van der Waals surface area contributed by atoms with Crippen molar-refractivity contribution in [2.24, 2.45) is 17.1 Å². The molecule has 0 atom stereocenters. The average molecular weight is 252 g/mol. The van der Waals surface area contributed by atoms with Crippen molar-refractivity contribution in [3.8, 4) is 0 Å². The van der Waals surface area contributed by atoms with Crippen LogP contribution in [0.3, 0.4) is 0 Å². The Labute approximate surface area is 111 Å². The molecule has 0 radical (unpaired) electrons. The third-order valence-corrected chi connectivity index (χ3v) is 4.67. The van der Waals surface area contributed by atoms with E-state index < -0.39 is 0 Å². The van der Waals surface area contributed by atoms with Crippen molar-refractivity contribution in [1.82, 2.24) is 4.90 Å². The summed E-state index contributed by atoms with van der Waals surface area (Å²) in [6.07, 6.45) is 8.09. The Kier molecular flexibility index (Phi) is 4.31. The molecule has 0 aromatic rings. The third kappa shape index (κ3) is 2.87. The lowest BCUT2D eigenvalue weighted by Crippen LogP contribution is -2.46. The van der Waals surface area contributed by atoms with Gasteiger partial charge in [-0.15, -0.1) is 0 Å². The normalized spacial score (nSPS) is 22.4. The van der Waals surface area contributed by atoms with Gasteiger partial charge < -0.3 is 10.6 Å². The van der Waals surface area contributed by atoms with Crippen LogP contribution in [-0.4, -0.2) is 29.9 Å². The van der Waals surface area contributed by atoms with E-state index in [2.05, 4.69) is 18.7 Å². The van der Waals surface area contributed by atoms with Crippen molar-refractivity contribution < 1.29 is 4.79 Å². The van der Waals surface area contributed by atoms with Crippen molar-refractivity contribution in [3.63, 3.8) is 0 Å². The zero-order valence-corrected chi connectivity index (χ0v) is 12.0. The first-order valence-corrected chi connectivity index (χ1v) is 7.60. The molecule has 0 bridgehead atoms. The fourth-order valence-corrected chi connectivity index (χ4v) is 3.02. The van der Waals surface area contributed by atoms with E-state index in [1.165, 1.54) is 25.7 Å². The highest BCUT2D eigenvalue weighted by Gasteiger charge is 2.51. The topological polar surface area (TPSA) is 46.3 Å². The Morgan fingerprint density at radius 3 is 2.39 bits per heavy atom. The summed E-state index contributed by atoms with van der Waals surface area (Å²) in [6, 6.07) is 0.500. The van der Waals surface area contributed by atoms with Crippen LogP contribution in [0.4, 0.5) is 0 Å². The van der Waals surface area contributed by atoms with Gasteiger partial charge >= 0.3 is 0 Å². The zero-order valence-electron chi connectivity index (χ0n) is 12.0. The Morgan fingerprint density at radius 2 is 1.94 bits per heavy atom. The predicted molar refractivity (Wildman–Crippen MR) is 74.1 cm³/mol. The molecule has 2 fully saturated rings. The number of nitrogens with two attached hydrogens (primary N) is 1. The highest BCUT2D eigenvalue weighted by Crippen LogP contribution is 2.47. The second-order valence-corrected chi connectivity index (χ2v) is 6.60. The van der Waals surface area contributed by atoms with Gasteiger partial charge in [0.2, 0.25) is 5.91 Å². The molecule has 3 heteroatoms. The van der Waals surface area contributed by atoms with Gasteiger partial charge in [-0.2, -0.15) is 0 Å². The van der Waals surface area contributed by atoms with Gasteiger partial charge in [-0.25, -0.2) is 0 Å². The van der Waals surface area contributed by atoms with Crippen LogP contribution in [0, 0.1) is 11.3 Å². The molecule has 0 saturated heterocycles. The summed E-state index contributed by atoms with van der Waals surface area (Å²) in [7, 11) is 0. The highest BCUT2D eigenvalue weighted by molar-refractivity contribution is 5.86. The van der Waals surface area contributed by atoms with Gasteiger partial charge in [-0.1, -0.05) is 26.7 Å². The molecule has 0 aromatic heterocycles. The maximum Gasteiger partial charge on any atom is 0.230 e. The summed E-state index contributed by atoms with van der Waals surface area (Å²) in [5.74, 6) is 1.02. The summed E-state index contributed by atoms with van der Waals surface area (Å²) < 4.78 is 0. The molecule has 0 spiro atoms. The summed E-state index contributed by atoms with van der Waals surface area (Å²) in [4.78, 5) is 14.9. The number of nitrogens with zero attached hydrogens (tertiary/aromatic N) is 1. The molecule has 0 heterocycles. The Balaban J connectivity index is 2.01. The van der Waals surface area contributed by atoms with Crippen LogP contribution in [0.1, 0.15) is 58.8 Å². The van der Waals surface area contributed by atoms with Gasteiger partial charge in [0.15, 0.2) is 0 Å². The number of hydrogen-bond donors (Lipinski definition) is 1. The van der Waals surface area contributed by atoms with E-state index in [0.717, 1.165) is 25.8 Å². The van der Waals surface area contributed by atoms with Crippen molar-refractivity contribution in [2.45, 2.75) is 64.8 Å². The molecule has 2 rings (SSSR count). The third-order valence-electron chi connectivity index (χ3n) is 4.67.